The van der Waals surface area contributed by atoms with Crippen LogP contribution in [0, 0.1) is 16.0 Å². The van der Waals surface area contributed by atoms with Gasteiger partial charge in [0.1, 0.15) is 5.75 Å². The minimum absolute atomic E-state index is 0.115. The zero-order valence-electron chi connectivity index (χ0n) is 14.0. The molecule has 1 aliphatic heterocycles. The predicted octanol–water partition coefficient (Wildman–Crippen LogP) is 4.82. The maximum absolute atomic E-state index is 11.5. The van der Waals surface area contributed by atoms with Crippen molar-refractivity contribution < 1.29 is 9.66 Å². The minimum atomic E-state index is -0.293. The quantitative estimate of drug-likeness (QED) is 0.494. The number of benzene rings is 2. The molecule has 1 heterocycles. The van der Waals surface area contributed by atoms with Gasteiger partial charge >= 0.3 is 0 Å². The second kappa shape index (κ2) is 6.24. The van der Waals surface area contributed by atoms with Crippen molar-refractivity contribution in [3.05, 3.63) is 75.9 Å². The van der Waals surface area contributed by atoms with Gasteiger partial charge in [0.2, 0.25) is 0 Å². The molecule has 5 nitrogen and oxygen atoms in total. The molecule has 0 bridgehead atoms. The second-order valence-corrected chi connectivity index (χ2v) is 6.44. The van der Waals surface area contributed by atoms with Gasteiger partial charge in [-0.15, -0.1) is 0 Å². The number of nitro benzene ring substituents is 1. The Morgan fingerprint density at radius 2 is 2.00 bits per heavy atom. The van der Waals surface area contributed by atoms with Crippen LogP contribution >= 0.6 is 0 Å². The highest BCUT2D eigenvalue weighted by Crippen LogP contribution is 2.53. The van der Waals surface area contributed by atoms with Crippen LogP contribution in [0.1, 0.15) is 36.4 Å². The molecule has 2 aromatic carbocycles. The van der Waals surface area contributed by atoms with Crippen molar-refractivity contribution in [2.75, 3.05) is 11.9 Å². The molecule has 0 amide bonds. The average Bonchev–Trinajstić information content (AvgIpc) is 3.11. The van der Waals surface area contributed by atoms with Crippen LogP contribution in [0.2, 0.25) is 0 Å². The molecule has 25 heavy (non-hydrogen) atoms. The van der Waals surface area contributed by atoms with Crippen molar-refractivity contribution >= 4 is 11.4 Å². The van der Waals surface area contributed by atoms with Crippen LogP contribution in [-0.2, 0) is 0 Å². The van der Waals surface area contributed by atoms with Crippen LogP contribution in [0.4, 0.5) is 11.4 Å². The summed E-state index contributed by atoms with van der Waals surface area (Å²) in [6.07, 6.45) is 5.32. The largest absolute Gasteiger partial charge is 0.492 e. The van der Waals surface area contributed by atoms with Crippen LogP contribution in [0.5, 0.6) is 5.75 Å². The predicted molar refractivity (Wildman–Crippen MR) is 97.1 cm³/mol. The van der Waals surface area contributed by atoms with Crippen molar-refractivity contribution in [3.63, 3.8) is 0 Å². The SMILES string of the molecule is CCOc1cccc2c1N[C@H](c1ccccc1[N+](=O)[O-])[C@H]1CC=C[C@H]21. The topological polar surface area (TPSA) is 64.4 Å². The molecule has 1 aliphatic carbocycles. The Morgan fingerprint density at radius 1 is 1.20 bits per heavy atom. The zero-order chi connectivity index (χ0) is 17.4. The maximum atomic E-state index is 11.5. The molecule has 0 saturated carbocycles. The van der Waals surface area contributed by atoms with Crippen LogP contribution in [0.3, 0.4) is 0 Å². The summed E-state index contributed by atoms with van der Waals surface area (Å²) in [5.74, 6) is 1.33. The third-order valence-electron chi connectivity index (χ3n) is 5.13. The number of para-hydroxylation sites is 2. The van der Waals surface area contributed by atoms with E-state index in [0.717, 1.165) is 23.4 Å². The average molecular weight is 336 g/mol. The van der Waals surface area contributed by atoms with E-state index in [2.05, 4.69) is 23.5 Å². The van der Waals surface area contributed by atoms with Crippen molar-refractivity contribution in [1.82, 2.24) is 0 Å². The van der Waals surface area contributed by atoms with Gasteiger partial charge < -0.3 is 10.1 Å². The number of fused-ring (bicyclic) bond motifs is 3. The number of hydrogen-bond acceptors (Lipinski definition) is 4. The van der Waals surface area contributed by atoms with E-state index < -0.39 is 0 Å². The number of nitrogens with zero attached hydrogens (tertiary/aromatic N) is 1. The number of rotatable bonds is 4. The molecule has 2 aromatic rings. The van der Waals surface area contributed by atoms with Crippen molar-refractivity contribution in [2.45, 2.75) is 25.3 Å². The van der Waals surface area contributed by atoms with E-state index in [9.17, 15) is 10.1 Å². The van der Waals surface area contributed by atoms with Gasteiger partial charge in [-0.2, -0.15) is 0 Å². The molecule has 0 fully saturated rings. The highest BCUT2D eigenvalue weighted by atomic mass is 16.6. The van der Waals surface area contributed by atoms with E-state index in [1.807, 2.05) is 31.2 Å². The lowest BCUT2D eigenvalue weighted by Crippen LogP contribution is -2.30. The maximum Gasteiger partial charge on any atom is 0.274 e. The normalized spacial score (nSPS) is 23.5. The third kappa shape index (κ3) is 2.56. The third-order valence-corrected chi connectivity index (χ3v) is 5.13. The van der Waals surface area contributed by atoms with Gasteiger partial charge in [-0.3, -0.25) is 10.1 Å². The first kappa shape index (κ1) is 15.7. The van der Waals surface area contributed by atoms with Gasteiger partial charge in [0.05, 0.1) is 28.8 Å². The first-order valence-corrected chi connectivity index (χ1v) is 8.63. The van der Waals surface area contributed by atoms with Crippen LogP contribution in [0.15, 0.2) is 54.6 Å². The molecule has 1 N–H and O–H groups in total. The minimum Gasteiger partial charge on any atom is -0.492 e. The summed E-state index contributed by atoms with van der Waals surface area (Å²) in [7, 11) is 0. The van der Waals surface area contributed by atoms with E-state index >= 15 is 0 Å². The summed E-state index contributed by atoms with van der Waals surface area (Å²) >= 11 is 0. The molecular formula is C20H20N2O3. The lowest BCUT2D eigenvalue weighted by molar-refractivity contribution is -0.385. The van der Waals surface area contributed by atoms with E-state index in [1.165, 1.54) is 5.56 Å². The summed E-state index contributed by atoms with van der Waals surface area (Å²) in [6.45, 7) is 2.54. The molecule has 4 rings (SSSR count). The first-order chi connectivity index (χ1) is 12.2. The number of anilines is 1. The molecule has 0 aromatic heterocycles. The van der Waals surface area contributed by atoms with Gasteiger partial charge in [0, 0.05) is 12.0 Å². The lowest BCUT2D eigenvalue weighted by Gasteiger charge is -2.37. The summed E-state index contributed by atoms with van der Waals surface area (Å²) in [5, 5.41) is 15.1. The number of ether oxygens (including phenoxy) is 1. The molecule has 2 aliphatic rings. The summed E-state index contributed by atoms with van der Waals surface area (Å²) in [4.78, 5) is 11.2. The highest BCUT2D eigenvalue weighted by Gasteiger charge is 2.41. The van der Waals surface area contributed by atoms with Crippen LogP contribution in [0.25, 0.3) is 0 Å². The molecule has 128 valence electrons. The zero-order valence-corrected chi connectivity index (χ0v) is 14.0. The summed E-state index contributed by atoms with van der Waals surface area (Å²) in [6, 6.07) is 13.0. The Morgan fingerprint density at radius 3 is 2.80 bits per heavy atom. The van der Waals surface area contributed by atoms with Gasteiger partial charge in [-0.05, 0) is 30.9 Å². The Bertz CT molecular complexity index is 847. The molecule has 3 atom stereocenters. The van der Waals surface area contributed by atoms with E-state index in [4.69, 9.17) is 4.74 Å². The molecule has 0 unspecified atom stereocenters. The first-order valence-electron chi connectivity index (χ1n) is 8.63. The standard InChI is InChI=1S/C20H20N2O3/c1-2-25-18-12-6-10-15-13-8-5-9-14(13)19(21-20(15)18)16-7-3-4-11-17(16)22(23)24/h3-8,10-14,19,21H,2,9H2,1H3/t13-,14-,19-/m0/s1. The molecule has 0 radical (unpaired) electrons. The summed E-state index contributed by atoms with van der Waals surface area (Å²) < 4.78 is 5.79. The number of allylic oxidation sites excluding steroid dienone is 2. The van der Waals surface area contributed by atoms with Crippen molar-refractivity contribution in [1.29, 1.82) is 0 Å². The highest BCUT2D eigenvalue weighted by molar-refractivity contribution is 5.68. The molecular weight excluding hydrogens is 316 g/mol. The fraction of sp³-hybridized carbons (Fsp3) is 0.300. The smallest absolute Gasteiger partial charge is 0.274 e. The lowest BCUT2D eigenvalue weighted by atomic mass is 9.76. The second-order valence-electron chi connectivity index (χ2n) is 6.44. The Labute approximate surface area is 146 Å². The Balaban J connectivity index is 1.83. The number of nitrogens with one attached hydrogen (secondary N) is 1. The molecule has 0 saturated heterocycles. The van der Waals surface area contributed by atoms with Crippen LogP contribution < -0.4 is 10.1 Å². The van der Waals surface area contributed by atoms with Crippen molar-refractivity contribution in [2.24, 2.45) is 5.92 Å². The number of hydrogen-bond donors (Lipinski definition) is 1. The van der Waals surface area contributed by atoms with Crippen LogP contribution in [-0.4, -0.2) is 11.5 Å². The number of nitro groups is 1. The Kier molecular flexibility index (Phi) is 3.92. The van der Waals surface area contributed by atoms with Crippen molar-refractivity contribution in [3.8, 4) is 5.75 Å². The van der Waals surface area contributed by atoms with E-state index in [1.54, 1.807) is 12.1 Å². The monoisotopic (exact) mass is 336 g/mol. The van der Waals surface area contributed by atoms with E-state index in [-0.39, 0.29) is 28.5 Å². The summed E-state index contributed by atoms with van der Waals surface area (Å²) in [5.41, 5.74) is 3.07. The fourth-order valence-corrected chi connectivity index (χ4v) is 4.09. The Hall–Kier alpha value is -2.82. The van der Waals surface area contributed by atoms with Gasteiger partial charge in [0.25, 0.3) is 5.69 Å². The molecule has 5 heteroatoms. The van der Waals surface area contributed by atoms with E-state index in [0.29, 0.717) is 6.61 Å². The van der Waals surface area contributed by atoms with Gasteiger partial charge in [-0.25, -0.2) is 0 Å². The van der Waals surface area contributed by atoms with Gasteiger partial charge in [0.15, 0.2) is 0 Å². The van der Waals surface area contributed by atoms with Gasteiger partial charge in [-0.1, -0.05) is 42.5 Å². The molecule has 0 spiro atoms. The fourth-order valence-electron chi connectivity index (χ4n) is 4.09.